The van der Waals surface area contributed by atoms with Gasteiger partial charge in [-0.25, -0.2) is 0 Å². The van der Waals surface area contributed by atoms with E-state index in [1.54, 1.807) is 0 Å². The summed E-state index contributed by atoms with van der Waals surface area (Å²) in [5.74, 6) is 0. The van der Waals surface area contributed by atoms with E-state index < -0.39 is 7.12 Å². The fourth-order valence-electron chi connectivity index (χ4n) is 1.68. The van der Waals surface area contributed by atoms with E-state index >= 15 is 0 Å². The summed E-state index contributed by atoms with van der Waals surface area (Å²) < 4.78 is 5.14. The summed E-state index contributed by atoms with van der Waals surface area (Å²) in [6.45, 7) is 2.62. The molecular formula is C9H11BO2. The second kappa shape index (κ2) is 2.92. The first kappa shape index (κ1) is 7.83. The highest BCUT2D eigenvalue weighted by Crippen LogP contribution is 2.08. The lowest BCUT2D eigenvalue weighted by Gasteiger charge is -2.20. The molecule has 1 heterocycles. The minimum Gasteiger partial charge on any atom is -0.423 e. The van der Waals surface area contributed by atoms with Crippen LogP contribution in [0.15, 0.2) is 18.2 Å². The SMILES string of the molecule is Cc1cccc2c1B(O)OCC2. The quantitative estimate of drug-likeness (QED) is 0.554. The molecule has 62 valence electrons. The van der Waals surface area contributed by atoms with Crippen LogP contribution in [0.4, 0.5) is 0 Å². The lowest BCUT2D eigenvalue weighted by Crippen LogP contribution is -2.42. The fourth-order valence-corrected chi connectivity index (χ4v) is 1.68. The Kier molecular flexibility index (Phi) is 1.91. The summed E-state index contributed by atoms with van der Waals surface area (Å²) >= 11 is 0. The van der Waals surface area contributed by atoms with E-state index in [0.29, 0.717) is 6.61 Å². The van der Waals surface area contributed by atoms with Crippen molar-refractivity contribution in [2.45, 2.75) is 13.3 Å². The van der Waals surface area contributed by atoms with Gasteiger partial charge in [-0.1, -0.05) is 23.8 Å². The van der Waals surface area contributed by atoms with Crippen LogP contribution in [0.1, 0.15) is 11.1 Å². The van der Waals surface area contributed by atoms with Gasteiger partial charge in [-0.3, -0.25) is 0 Å². The van der Waals surface area contributed by atoms with E-state index in [1.165, 1.54) is 5.56 Å². The van der Waals surface area contributed by atoms with Crippen LogP contribution >= 0.6 is 0 Å². The molecule has 3 heteroatoms. The molecule has 0 saturated carbocycles. The molecule has 0 amide bonds. The van der Waals surface area contributed by atoms with E-state index in [-0.39, 0.29) is 0 Å². The van der Waals surface area contributed by atoms with Crippen molar-refractivity contribution < 1.29 is 9.68 Å². The van der Waals surface area contributed by atoms with E-state index in [4.69, 9.17) is 4.65 Å². The Morgan fingerprint density at radius 3 is 3.08 bits per heavy atom. The maximum Gasteiger partial charge on any atom is 0.491 e. The molecule has 2 nitrogen and oxygen atoms in total. The van der Waals surface area contributed by atoms with E-state index in [2.05, 4.69) is 0 Å². The molecule has 0 saturated heterocycles. The Bertz CT molecular complexity index is 299. The highest BCUT2D eigenvalue weighted by molar-refractivity contribution is 6.61. The Labute approximate surface area is 72.3 Å². The highest BCUT2D eigenvalue weighted by atomic mass is 16.5. The first-order valence-electron chi connectivity index (χ1n) is 4.17. The number of hydrogen-bond acceptors (Lipinski definition) is 2. The topological polar surface area (TPSA) is 29.5 Å². The minimum absolute atomic E-state index is 0.623. The van der Waals surface area contributed by atoms with Crippen molar-refractivity contribution in [2.24, 2.45) is 0 Å². The van der Waals surface area contributed by atoms with Gasteiger partial charge in [0.05, 0.1) is 0 Å². The molecule has 1 aliphatic heterocycles. The van der Waals surface area contributed by atoms with Gasteiger partial charge in [0.15, 0.2) is 0 Å². The predicted octanol–water partition coefficient (Wildman–Crippen LogP) is 0.255. The largest absolute Gasteiger partial charge is 0.491 e. The van der Waals surface area contributed by atoms with Gasteiger partial charge < -0.3 is 9.68 Å². The lowest BCUT2D eigenvalue weighted by atomic mass is 9.71. The summed E-state index contributed by atoms with van der Waals surface area (Å²) in [6.07, 6.45) is 0.911. The minimum atomic E-state index is -0.713. The molecule has 12 heavy (non-hydrogen) atoms. The molecule has 0 fully saturated rings. The van der Waals surface area contributed by atoms with Crippen LogP contribution in [0.5, 0.6) is 0 Å². The number of aryl methyl sites for hydroxylation is 1. The molecule has 0 aromatic heterocycles. The van der Waals surface area contributed by atoms with Gasteiger partial charge in [-0.2, -0.15) is 0 Å². The third kappa shape index (κ3) is 1.15. The van der Waals surface area contributed by atoms with Gasteiger partial charge in [-0.15, -0.1) is 0 Å². The smallest absolute Gasteiger partial charge is 0.423 e. The Morgan fingerprint density at radius 1 is 1.50 bits per heavy atom. The molecule has 0 unspecified atom stereocenters. The van der Waals surface area contributed by atoms with Crippen LogP contribution in [-0.4, -0.2) is 18.7 Å². The monoisotopic (exact) mass is 162 g/mol. The Morgan fingerprint density at radius 2 is 2.33 bits per heavy atom. The average molecular weight is 162 g/mol. The zero-order chi connectivity index (χ0) is 8.55. The maximum atomic E-state index is 9.52. The molecular weight excluding hydrogens is 151 g/mol. The second-order valence-electron chi connectivity index (χ2n) is 3.12. The maximum absolute atomic E-state index is 9.52. The van der Waals surface area contributed by atoms with E-state index in [1.807, 2.05) is 25.1 Å². The highest BCUT2D eigenvalue weighted by Gasteiger charge is 2.25. The molecule has 1 aromatic rings. The van der Waals surface area contributed by atoms with Crippen LogP contribution in [0.2, 0.25) is 0 Å². The molecule has 0 spiro atoms. The van der Waals surface area contributed by atoms with Crippen LogP contribution in [-0.2, 0) is 11.1 Å². The Balaban J connectivity index is 2.53. The van der Waals surface area contributed by atoms with E-state index in [0.717, 1.165) is 17.4 Å². The molecule has 1 aromatic carbocycles. The molecule has 0 aliphatic carbocycles. The zero-order valence-electron chi connectivity index (χ0n) is 7.08. The standard InChI is InChI=1S/C9H11BO2/c1-7-3-2-4-8-5-6-12-10(11)9(7)8/h2-4,11H,5-6H2,1H3. The normalized spacial score (nSPS) is 16.0. The van der Waals surface area contributed by atoms with Crippen LogP contribution in [0.25, 0.3) is 0 Å². The van der Waals surface area contributed by atoms with E-state index in [9.17, 15) is 5.02 Å². The predicted molar refractivity (Wildman–Crippen MR) is 48.4 cm³/mol. The van der Waals surface area contributed by atoms with Crippen molar-refractivity contribution in [2.75, 3.05) is 6.61 Å². The third-order valence-electron chi connectivity index (χ3n) is 2.31. The molecule has 1 aliphatic rings. The Hall–Kier alpha value is -0.795. The van der Waals surface area contributed by atoms with Gasteiger partial charge in [0, 0.05) is 6.61 Å². The fraction of sp³-hybridized carbons (Fsp3) is 0.333. The first-order valence-corrected chi connectivity index (χ1v) is 4.17. The van der Waals surface area contributed by atoms with Crippen LogP contribution in [0, 0.1) is 6.92 Å². The van der Waals surface area contributed by atoms with Gasteiger partial charge in [-0.05, 0) is 24.4 Å². The van der Waals surface area contributed by atoms with Crippen LogP contribution in [0.3, 0.4) is 0 Å². The summed E-state index contributed by atoms with van der Waals surface area (Å²) in [5, 5.41) is 9.52. The summed E-state index contributed by atoms with van der Waals surface area (Å²) in [5.41, 5.74) is 3.29. The lowest BCUT2D eigenvalue weighted by molar-refractivity contribution is 0.266. The van der Waals surface area contributed by atoms with Crippen molar-refractivity contribution in [3.05, 3.63) is 29.3 Å². The van der Waals surface area contributed by atoms with Crippen molar-refractivity contribution in [1.82, 2.24) is 0 Å². The molecule has 0 radical (unpaired) electrons. The van der Waals surface area contributed by atoms with Gasteiger partial charge in [0.2, 0.25) is 0 Å². The van der Waals surface area contributed by atoms with Crippen molar-refractivity contribution >= 4 is 12.6 Å². The number of rotatable bonds is 0. The average Bonchev–Trinajstić information content (AvgIpc) is 2.04. The molecule has 1 N–H and O–H groups in total. The number of benzene rings is 1. The van der Waals surface area contributed by atoms with Gasteiger partial charge in [0.1, 0.15) is 0 Å². The van der Waals surface area contributed by atoms with Crippen LogP contribution < -0.4 is 5.46 Å². The summed E-state index contributed by atoms with van der Waals surface area (Å²) in [6, 6.07) is 6.07. The number of hydrogen-bond donors (Lipinski definition) is 1. The van der Waals surface area contributed by atoms with Crippen molar-refractivity contribution in [3.63, 3.8) is 0 Å². The second-order valence-corrected chi connectivity index (χ2v) is 3.12. The summed E-state index contributed by atoms with van der Waals surface area (Å²) in [4.78, 5) is 0. The van der Waals surface area contributed by atoms with Gasteiger partial charge >= 0.3 is 7.12 Å². The molecule has 0 bridgehead atoms. The van der Waals surface area contributed by atoms with Crippen molar-refractivity contribution in [3.8, 4) is 0 Å². The molecule has 2 rings (SSSR count). The zero-order valence-corrected chi connectivity index (χ0v) is 7.08. The number of fused-ring (bicyclic) bond motifs is 1. The molecule has 0 atom stereocenters. The van der Waals surface area contributed by atoms with Gasteiger partial charge in [0.25, 0.3) is 0 Å². The summed E-state index contributed by atoms with van der Waals surface area (Å²) in [7, 11) is -0.713. The van der Waals surface area contributed by atoms with Crippen molar-refractivity contribution in [1.29, 1.82) is 0 Å². The first-order chi connectivity index (χ1) is 5.79. The third-order valence-corrected chi connectivity index (χ3v) is 2.31.